The van der Waals surface area contributed by atoms with Crippen LogP contribution in [-0.4, -0.2) is 24.1 Å². The molecule has 0 bridgehead atoms. The van der Waals surface area contributed by atoms with Crippen LogP contribution in [-0.2, 0) is 0 Å². The minimum absolute atomic E-state index is 0.732. The second kappa shape index (κ2) is 5.05. The highest BCUT2D eigenvalue weighted by Crippen LogP contribution is 2.10. The molecular formula is C11H19N3. The number of hydrogen-bond donors (Lipinski definition) is 3. The fraction of sp³-hybridized carbons (Fsp3) is 0.636. The topological polar surface area (TPSA) is 39.8 Å². The van der Waals surface area contributed by atoms with Crippen LogP contribution in [0.2, 0.25) is 0 Å². The summed E-state index contributed by atoms with van der Waals surface area (Å²) < 4.78 is 0. The van der Waals surface area contributed by atoms with Crippen LogP contribution in [0.5, 0.6) is 0 Å². The predicted molar refractivity (Wildman–Crippen MR) is 59.5 cm³/mol. The number of anilines is 1. The minimum atomic E-state index is 0.732. The zero-order valence-corrected chi connectivity index (χ0v) is 8.55. The lowest BCUT2D eigenvalue weighted by molar-refractivity contribution is 0.389. The lowest BCUT2D eigenvalue weighted by atomic mass is 10.0. The maximum atomic E-state index is 3.55. The summed E-state index contributed by atoms with van der Waals surface area (Å²) in [5, 5.41) is 6.95. The van der Waals surface area contributed by atoms with E-state index in [4.69, 9.17) is 0 Å². The summed E-state index contributed by atoms with van der Waals surface area (Å²) in [4.78, 5) is 3.04. The van der Waals surface area contributed by atoms with Crippen molar-refractivity contribution >= 4 is 5.69 Å². The van der Waals surface area contributed by atoms with Crippen molar-refractivity contribution in [3.05, 3.63) is 18.5 Å². The Kier molecular flexibility index (Phi) is 3.46. The van der Waals surface area contributed by atoms with Crippen LogP contribution in [0.1, 0.15) is 25.7 Å². The van der Waals surface area contributed by atoms with E-state index in [0.29, 0.717) is 0 Å². The van der Waals surface area contributed by atoms with Crippen LogP contribution in [0.25, 0.3) is 0 Å². The standard InChI is InChI=1S/C11H19N3/c1-2-6-13-10(3-1)5-8-14-11-4-7-12-9-11/h4,7,9-10,12-14H,1-3,5-6,8H2. The van der Waals surface area contributed by atoms with Gasteiger partial charge in [-0.25, -0.2) is 0 Å². The van der Waals surface area contributed by atoms with Crippen molar-refractivity contribution in [2.75, 3.05) is 18.4 Å². The molecule has 1 atom stereocenters. The molecule has 1 saturated heterocycles. The van der Waals surface area contributed by atoms with E-state index in [2.05, 4.69) is 21.7 Å². The first kappa shape index (κ1) is 9.59. The van der Waals surface area contributed by atoms with Crippen LogP contribution in [0, 0.1) is 0 Å². The van der Waals surface area contributed by atoms with Gasteiger partial charge in [-0.05, 0) is 31.9 Å². The van der Waals surface area contributed by atoms with Gasteiger partial charge in [0.05, 0.1) is 5.69 Å². The van der Waals surface area contributed by atoms with Gasteiger partial charge in [0.2, 0.25) is 0 Å². The molecule has 14 heavy (non-hydrogen) atoms. The second-order valence-electron chi connectivity index (χ2n) is 3.96. The number of nitrogens with one attached hydrogen (secondary N) is 3. The number of piperidine rings is 1. The molecule has 2 heterocycles. The van der Waals surface area contributed by atoms with Gasteiger partial charge >= 0.3 is 0 Å². The summed E-state index contributed by atoms with van der Waals surface area (Å²) in [6.45, 7) is 2.27. The zero-order chi connectivity index (χ0) is 9.64. The van der Waals surface area contributed by atoms with Gasteiger partial charge in [0, 0.05) is 25.0 Å². The fourth-order valence-electron chi connectivity index (χ4n) is 1.99. The molecule has 0 aliphatic carbocycles. The highest BCUT2D eigenvalue weighted by Gasteiger charge is 2.11. The Bertz CT molecular complexity index is 237. The second-order valence-corrected chi connectivity index (χ2v) is 3.96. The van der Waals surface area contributed by atoms with E-state index in [0.717, 1.165) is 12.6 Å². The first-order valence-corrected chi connectivity index (χ1v) is 5.55. The molecule has 3 nitrogen and oxygen atoms in total. The number of hydrogen-bond acceptors (Lipinski definition) is 2. The first-order chi connectivity index (χ1) is 6.95. The smallest absolute Gasteiger partial charge is 0.0517 e. The average Bonchev–Trinajstić information content (AvgIpc) is 2.72. The average molecular weight is 193 g/mol. The van der Waals surface area contributed by atoms with Gasteiger partial charge in [0.1, 0.15) is 0 Å². The van der Waals surface area contributed by atoms with Crippen molar-refractivity contribution in [3.63, 3.8) is 0 Å². The van der Waals surface area contributed by atoms with Gasteiger partial charge in [-0.2, -0.15) is 0 Å². The van der Waals surface area contributed by atoms with Crippen molar-refractivity contribution in [2.45, 2.75) is 31.7 Å². The molecule has 0 aromatic carbocycles. The first-order valence-electron chi connectivity index (χ1n) is 5.55. The largest absolute Gasteiger partial charge is 0.384 e. The molecule has 3 heteroatoms. The van der Waals surface area contributed by atoms with E-state index < -0.39 is 0 Å². The number of aromatic amines is 1. The Morgan fingerprint density at radius 2 is 2.43 bits per heavy atom. The van der Waals surface area contributed by atoms with Crippen molar-refractivity contribution in [2.24, 2.45) is 0 Å². The Morgan fingerprint density at radius 1 is 1.43 bits per heavy atom. The van der Waals surface area contributed by atoms with Gasteiger partial charge in [-0.15, -0.1) is 0 Å². The summed E-state index contributed by atoms with van der Waals surface area (Å²) in [7, 11) is 0. The molecule has 0 radical (unpaired) electrons. The van der Waals surface area contributed by atoms with Crippen molar-refractivity contribution in [3.8, 4) is 0 Å². The summed E-state index contributed by atoms with van der Waals surface area (Å²) in [5.74, 6) is 0. The van der Waals surface area contributed by atoms with Crippen molar-refractivity contribution < 1.29 is 0 Å². The highest BCUT2D eigenvalue weighted by atomic mass is 14.9. The molecular weight excluding hydrogens is 174 g/mol. The SMILES string of the molecule is c1cc(NCCC2CCCCN2)c[nH]1. The number of rotatable bonds is 4. The van der Waals surface area contributed by atoms with Gasteiger partial charge in [-0.1, -0.05) is 6.42 Å². The van der Waals surface area contributed by atoms with Crippen molar-refractivity contribution in [1.82, 2.24) is 10.3 Å². The minimum Gasteiger partial charge on any atom is -0.384 e. The van der Waals surface area contributed by atoms with Crippen LogP contribution in [0.4, 0.5) is 5.69 Å². The van der Waals surface area contributed by atoms with Crippen LogP contribution < -0.4 is 10.6 Å². The molecule has 1 aliphatic rings. The molecule has 3 N–H and O–H groups in total. The van der Waals surface area contributed by atoms with E-state index in [-0.39, 0.29) is 0 Å². The van der Waals surface area contributed by atoms with Crippen LogP contribution in [0.3, 0.4) is 0 Å². The van der Waals surface area contributed by atoms with E-state index in [1.807, 2.05) is 12.4 Å². The third kappa shape index (κ3) is 2.77. The molecule has 0 saturated carbocycles. The molecule has 0 spiro atoms. The molecule has 0 amide bonds. The summed E-state index contributed by atoms with van der Waals surface area (Å²) >= 11 is 0. The highest BCUT2D eigenvalue weighted by molar-refractivity contribution is 5.39. The quantitative estimate of drug-likeness (QED) is 0.684. The van der Waals surface area contributed by atoms with E-state index >= 15 is 0 Å². The zero-order valence-electron chi connectivity index (χ0n) is 8.55. The maximum absolute atomic E-state index is 3.55. The van der Waals surface area contributed by atoms with Crippen LogP contribution in [0.15, 0.2) is 18.5 Å². The third-order valence-electron chi connectivity index (χ3n) is 2.83. The Hall–Kier alpha value is -0.960. The van der Waals surface area contributed by atoms with Gasteiger partial charge in [0.15, 0.2) is 0 Å². The van der Waals surface area contributed by atoms with E-state index in [1.165, 1.54) is 37.9 Å². The summed E-state index contributed by atoms with van der Waals surface area (Å²) in [6.07, 6.45) is 9.25. The van der Waals surface area contributed by atoms with Gasteiger partial charge in [-0.3, -0.25) is 0 Å². The monoisotopic (exact) mass is 193 g/mol. The number of aromatic nitrogens is 1. The summed E-state index contributed by atoms with van der Waals surface area (Å²) in [6, 6.07) is 2.80. The summed E-state index contributed by atoms with van der Waals surface area (Å²) in [5.41, 5.74) is 1.20. The normalized spacial score (nSPS) is 22.1. The third-order valence-corrected chi connectivity index (χ3v) is 2.83. The maximum Gasteiger partial charge on any atom is 0.0517 e. The lowest BCUT2D eigenvalue weighted by Crippen LogP contribution is -2.35. The lowest BCUT2D eigenvalue weighted by Gasteiger charge is -2.23. The Labute approximate surface area is 85.3 Å². The Balaban J connectivity index is 1.62. The van der Waals surface area contributed by atoms with E-state index in [9.17, 15) is 0 Å². The van der Waals surface area contributed by atoms with E-state index in [1.54, 1.807) is 0 Å². The molecule has 1 aromatic heterocycles. The number of H-pyrrole nitrogens is 1. The van der Waals surface area contributed by atoms with Gasteiger partial charge < -0.3 is 15.6 Å². The fourth-order valence-corrected chi connectivity index (χ4v) is 1.99. The predicted octanol–water partition coefficient (Wildman–Crippen LogP) is 1.96. The van der Waals surface area contributed by atoms with Gasteiger partial charge in [0.25, 0.3) is 0 Å². The molecule has 1 aliphatic heterocycles. The molecule has 2 rings (SSSR count). The van der Waals surface area contributed by atoms with Crippen LogP contribution >= 0.6 is 0 Å². The molecule has 78 valence electrons. The van der Waals surface area contributed by atoms with Crippen molar-refractivity contribution in [1.29, 1.82) is 0 Å². The molecule has 1 fully saturated rings. The Morgan fingerprint density at radius 3 is 3.14 bits per heavy atom. The molecule has 1 unspecified atom stereocenters. The molecule has 1 aromatic rings.